The van der Waals surface area contributed by atoms with Gasteiger partial charge in [0.25, 0.3) is 0 Å². The molecular formula is C71H46N2. The van der Waals surface area contributed by atoms with Gasteiger partial charge < -0.3 is 9.47 Å². The molecule has 13 aromatic rings. The molecule has 12 aromatic carbocycles. The van der Waals surface area contributed by atoms with E-state index >= 15 is 0 Å². The molecule has 0 N–H and O–H groups in total. The molecule has 2 heteroatoms. The van der Waals surface area contributed by atoms with E-state index in [0.29, 0.717) is 0 Å². The molecular weight excluding hydrogens is 881 g/mol. The average molecular weight is 927 g/mol. The summed E-state index contributed by atoms with van der Waals surface area (Å²) in [6.45, 7) is 0. The molecule has 73 heavy (non-hydrogen) atoms. The van der Waals surface area contributed by atoms with Crippen LogP contribution in [0.25, 0.3) is 93.9 Å². The lowest BCUT2D eigenvalue weighted by Crippen LogP contribution is -2.26. The van der Waals surface area contributed by atoms with Crippen LogP contribution in [0.2, 0.25) is 0 Å². The molecule has 0 saturated heterocycles. The monoisotopic (exact) mass is 926 g/mol. The standard InChI is InChI=1S/C71H46N2/c1-2-19-53(20-3-1)73-69-31-13-9-26-63(69)64-45-52(38-43-70(64)73)48-34-32-47(33-35-48)51-18-14-21-55(44-51)72(54-39-36-50(37-40-54)58-27-15-17-49-16-4-5-22-57(49)58)56-41-42-62-61-25-8-12-30-67(61)71(68(62)46-56)65-28-10-6-23-59(65)60-24-7-11-29-66(60)71/h1-46H. The Bertz CT molecular complexity index is 4240. The van der Waals surface area contributed by atoms with E-state index in [1.165, 1.54) is 111 Å². The Morgan fingerprint density at radius 1 is 0.260 bits per heavy atom. The number of aromatic nitrogens is 1. The van der Waals surface area contributed by atoms with Crippen LogP contribution < -0.4 is 4.90 Å². The predicted octanol–water partition coefficient (Wildman–Crippen LogP) is 18.8. The topological polar surface area (TPSA) is 8.17 Å². The minimum atomic E-state index is -0.452. The highest BCUT2D eigenvalue weighted by Gasteiger charge is 2.51. The van der Waals surface area contributed by atoms with Gasteiger partial charge in [0.2, 0.25) is 0 Å². The molecule has 0 unspecified atom stereocenters. The summed E-state index contributed by atoms with van der Waals surface area (Å²) in [5.41, 5.74) is 24.1. The molecule has 0 aliphatic heterocycles. The normalized spacial score (nSPS) is 12.8. The van der Waals surface area contributed by atoms with Crippen molar-refractivity contribution in [2.45, 2.75) is 5.41 Å². The van der Waals surface area contributed by atoms with Gasteiger partial charge in [0.05, 0.1) is 16.4 Å². The highest BCUT2D eigenvalue weighted by atomic mass is 15.1. The van der Waals surface area contributed by atoms with Crippen molar-refractivity contribution in [3.8, 4) is 61.3 Å². The van der Waals surface area contributed by atoms with Crippen LogP contribution in [0, 0.1) is 0 Å². The van der Waals surface area contributed by atoms with Gasteiger partial charge >= 0.3 is 0 Å². The molecule has 0 radical (unpaired) electrons. The smallest absolute Gasteiger partial charge is 0.0726 e. The van der Waals surface area contributed by atoms with Gasteiger partial charge in [-0.1, -0.05) is 212 Å². The number of hydrogen-bond donors (Lipinski definition) is 0. The van der Waals surface area contributed by atoms with Crippen LogP contribution in [0.5, 0.6) is 0 Å². The number of para-hydroxylation sites is 2. The molecule has 0 saturated carbocycles. The second-order valence-electron chi connectivity index (χ2n) is 19.6. The summed E-state index contributed by atoms with van der Waals surface area (Å²) in [6.07, 6.45) is 0. The molecule has 2 nitrogen and oxygen atoms in total. The summed E-state index contributed by atoms with van der Waals surface area (Å²) in [5.74, 6) is 0. The molecule has 0 bridgehead atoms. The van der Waals surface area contributed by atoms with Crippen LogP contribution in [0.1, 0.15) is 22.3 Å². The Labute approximate surface area is 425 Å². The van der Waals surface area contributed by atoms with Crippen molar-refractivity contribution in [1.29, 1.82) is 0 Å². The van der Waals surface area contributed by atoms with Gasteiger partial charge in [-0.25, -0.2) is 0 Å². The number of fused-ring (bicyclic) bond motifs is 14. The molecule has 0 amide bonds. The zero-order chi connectivity index (χ0) is 48.0. The van der Waals surface area contributed by atoms with Gasteiger partial charge in [0, 0.05) is 33.5 Å². The Morgan fingerprint density at radius 2 is 0.753 bits per heavy atom. The fraction of sp³-hybridized carbons (Fsp3) is 0.0141. The number of benzene rings is 12. The maximum atomic E-state index is 2.49. The fourth-order valence-electron chi connectivity index (χ4n) is 12.6. The molecule has 1 aromatic heterocycles. The molecule has 340 valence electrons. The molecule has 15 rings (SSSR count). The number of anilines is 3. The molecule has 0 atom stereocenters. The minimum absolute atomic E-state index is 0.452. The lowest BCUT2D eigenvalue weighted by Gasteiger charge is -2.32. The van der Waals surface area contributed by atoms with E-state index in [4.69, 9.17) is 0 Å². The predicted molar refractivity (Wildman–Crippen MR) is 306 cm³/mol. The Morgan fingerprint density at radius 3 is 1.47 bits per heavy atom. The van der Waals surface area contributed by atoms with Gasteiger partial charge in [-0.15, -0.1) is 0 Å². The average Bonchev–Trinajstić information content (AvgIpc) is 4.07. The van der Waals surface area contributed by atoms with E-state index in [2.05, 4.69) is 289 Å². The SMILES string of the molecule is c1ccc(-n2c3ccccc3c3cc(-c4ccc(-c5cccc(N(c6ccc(-c7cccc8ccccc78)cc6)c6ccc7c(c6)C6(c8ccccc8-c8ccccc86)c6ccccc6-7)c5)cc4)ccc32)cc1. The van der Waals surface area contributed by atoms with Crippen molar-refractivity contribution in [1.82, 2.24) is 4.57 Å². The first-order valence-corrected chi connectivity index (χ1v) is 25.3. The van der Waals surface area contributed by atoms with E-state index in [0.717, 1.165) is 22.6 Å². The summed E-state index contributed by atoms with van der Waals surface area (Å²) in [7, 11) is 0. The van der Waals surface area contributed by atoms with Crippen LogP contribution in [-0.4, -0.2) is 4.57 Å². The Balaban J connectivity index is 0.857. The maximum absolute atomic E-state index is 2.49. The van der Waals surface area contributed by atoms with Crippen LogP contribution in [0.4, 0.5) is 17.1 Å². The van der Waals surface area contributed by atoms with Gasteiger partial charge in [0.15, 0.2) is 0 Å². The van der Waals surface area contributed by atoms with Crippen LogP contribution in [0.15, 0.2) is 279 Å². The molecule has 2 aliphatic carbocycles. The second-order valence-corrected chi connectivity index (χ2v) is 19.6. The number of nitrogens with zero attached hydrogens (tertiary/aromatic N) is 2. The summed E-state index contributed by atoms with van der Waals surface area (Å²) in [4.78, 5) is 2.45. The first-order chi connectivity index (χ1) is 36.2. The molecule has 1 spiro atoms. The van der Waals surface area contributed by atoms with E-state index in [1.54, 1.807) is 0 Å². The Kier molecular flexibility index (Phi) is 9.21. The van der Waals surface area contributed by atoms with Crippen LogP contribution in [-0.2, 0) is 5.41 Å². The third-order valence-electron chi connectivity index (χ3n) is 15.8. The van der Waals surface area contributed by atoms with E-state index in [-0.39, 0.29) is 0 Å². The zero-order valence-electron chi connectivity index (χ0n) is 40.0. The van der Waals surface area contributed by atoms with Gasteiger partial charge in [-0.2, -0.15) is 0 Å². The summed E-state index contributed by atoms with van der Waals surface area (Å²) in [5, 5.41) is 5.00. The third-order valence-corrected chi connectivity index (χ3v) is 15.8. The molecule has 1 heterocycles. The van der Waals surface area contributed by atoms with Crippen molar-refractivity contribution >= 4 is 49.6 Å². The summed E-state index contributed by atoms with van der Waals surface area (Å²) in [6, 6.07) is 103. The molecule has 0 fully saturated rings. The highest BCUT2D eigenvalue weighted by Crippen LogP contribution is 2.63. The van der Waals surface area contributed by atoms with Crippen LogP contribution >= 0.6 is 0 Å². The van der Waals surface area contributed by atoms with E-state index < -0.39 is 5.41 Å². The number of rotatable bonds is 7. The van der Waals surface area contributed by atoms with Gasteiger partial charge in [0.1, 0.15) is 0 Å². The van der Waals surface area contributed by atoms with Gasteiger partial charge in [-0.05, 0) is 155 Å². The van der Waals surface area contributed by atoms with Crippen molar-refractivity contribution < 1.29 is 0 Å². The first-order valence-electron chi connectivity index (χ1n) is 25.3. The van der Waals surface area contributed by atoms with Crippen molar-refractivity contribution in [3.63, 3.8) is 0 Å². The van der Waals surface area contributed by atoms with Crippen molar-refractivity contribution in [2.75, 3.05) is 4.90 Å². The second kappa shape index (κ2) is 16.3. The summed E-state index contributed by atoms with van der Waals surface area (Å²) < 4.78 is 2.37. The largest absolute Gasteiger partial charge is 0.310 e. The highest BCUT2D eigenvalue weighted by molar-refractivity contribution is 6.10. The quantitative estimate of drug-likeness (QED) is 0.155. The van der Waals surface area contributed by atoms with E-state index in [1.807, 2.05) is 0 Å². The van der Waals surface area contributed by atoms with E-state index in [9.17, 15) is 0 Å². The Hall–Kier alpha value is -9.50. The maximum Gasteiger partial charge on any atom is 0.0726 e. The first kappa shape index (κ1) is 41.3. The third kappa shape index (κ3) is 6.24. The summed E-state index contributed by atoms with van der Waals surface area (Å²) >= 11 is 0. The van der Waals surface area contributed by atoms with Crippen LogP contribution in [0.3, 0.4) is 0 Å². The minimum Gasteiger partial charge on any atom is -0.310 e. The fourth-order valence-corrected chi connectivity index (χ4v) is 12.6. The van der Waals surface area contributed by atoms with Crippen molar-refractivity contribution in [3.05, 3.63) is 301 Å². The lowest BCUT2D eigenvalue weighted by atomic mass is 9.70. The zero-order valence-corrected chi connectivity index (χ0v) is 40.0. The van der Waals surface area contributed by atoms with Gasteiger partial charge in [-0.3, -0.25) is 0 Å². The lowest BCUT2D eigenvalue weighted by molar-refractivity contribution is 0.793. The van der Waals surface area contributed by atoms with Crippen molar-refractivity contribution in [2.24, 2.45) is 0 Å². The number of hydrogen-bond acceptors (Lipinski definition) is 1. The molecule has 2 aliphatic rings.